The number of nitriles is 1. The summed E-state index contributed by atoms with van der Waals surface area (Å²) in [5.41, 5.74) is 4.59. The van der Waals surface area contributed by atoms with Crippen molar-refractivity contribution in [1.82, 2.24) is 14.7 Å². The Bertz CT molecular complexity index is 1310. The molecule has 0 saturated carbocycles. The van der Waals surface area contributed by atoms with Crippen LogP contribution in [0, 0.1) is 17.1 Å². The van der Waals surface area contributed by atoms with Crippen LogP contribution < -0.4 is 4.72 Å². The van der Waals surface area contributed by atoms with Crippen LogP contribution in [0.2, 0.25) is 0 Å². The smallest absolute Gasteiger partial charge is 0.232 e. The van der Waals surface area contributed by atoms with Crippen molar-refractivity contribution in [1.29, 1.82) is 5.26 Å². The monoisotopic (exact) mass is 472 g/mol. The summed E-state index contributed by atoms with van der Waals surface area (Å²) in [7, 11) is 0. The van der Waals surface area contributed by atoms with Crippen LogP contribution in [0.3, 0.4) is 0 Å². The summed E-state index contributed by atoms with van der Waals surface area (Å²) in [4.78, 5) is 9.09. The van der Waals surface area contributed by atoms with E-state index in [1.165, 1.54) is 12.1 Å². The van der Waals surface area contributed by atoms with E-state index in [1.807, 2.05) is 36.4 Å². The summed E-state index contributed by atoms with van der Waals surface area (Å²) < 4.78 is 36.4. The first-order valence-corrected chi connectivity index (χ1v) is 11.6. The van der Waals surface area contributed by atoms with Crippen LogP contribution in [0.1, 0.15) is 45.5 Å². The van der Waals surface area contributed by atoms with Crippen LogP contribution >= 0.6 is 0 Å². The summed E-state index contributed by atoms with van der Waals surface area (Å²) >= 11 is -2.16. The zero-order chi connectivity index (χ0) is 23.9. The molecule has 0 fully saturated rings. The molecule has 6 nitrogen and oxygen atoms in total. The van der Waals surface area contributed by atoms with Crippen LogP contribution in [0.15, 0.2) is 91.3 Å². The quantitative estimate of drug-likeness (QED) is 0.363. The summed E-state index contributed by atoms with van der Waals surface area (Å²) in [6.45, 7) is 0.113. The van der Waals surface area contributed by atoms with Crippen LogP contribution in [0.4, 0.5) is 4.39 Å². The Kier molecular flexibility index (Phi) is 7.50. The van der Waals surface area contributed by atoms with Gasteiger partial charge in [-0.05, 0) is 59.2 Å². The number of benzene rings is 2. The molecule has 0 aliphatic heterocycles. The maximum absolute atomic E-state index is 13.8. The summed E-state index contributed by atoms with van der Waals surface area (Å²) in [5, 5.41) is 9.24. The van der Waals surface area contributed by atoms with Gasteiger partial charge in [0.2, 0.25) is 11.3 Å². The van der Waals surface area contributed by atoms with Crippen LogP contribution in [0.5, 0.6) is 0 Å². The number of rotatable bonds is 8. The molecule has 4 aromatic rings. The second-order valence-corrected chi connectivity index (χ2v) is 8.44. The van der Waals surface area contributed by atoms with Crippen LogP contribution in [-0.4, -0.2) is 18.7 Å². The van der Waals surface area contributed by atoms with E-state index < -0.39 is 11.3 Å². The average Bonchev–Trinajstić information content (AvgIpc) is 2.87. The SMILES string of the molecule is N#Cc1ccc(C(c2cccnc2)C(c2ccc(F)cc2)c2cccc(CNS(=O)O)n2)cc1. The number of nitrogens with zero attached hydrogens (tertiary/aromatic N) is 3. The summed E-state index contributed by atoms with van der Waals surface area (Å²) in [6, 6.07) is 25.2. The van der Waals surface area contributed by atoms with Gasteiger partial charge in [-0.15, -0.1) is 0 Å². The highest BCUT2D eigenvalue weighted by molar-refractivity contribution is 7.77. The van der Waals surface area contributed by atoms with E-state index in [1.54, 1.807) is 42.7 Å². The minimum Gasteiger partial charge on any atom is -0.294 e. The first kappa shape index (κ1) is 23.4. The van der Waals surface area contributed by atoms with Crippen molar-refractivity contribution in [2.75, 3.05) is 0 Å². The molecular weight excluding hydrogens is 451 g/mol. The molecule has 2 aromatic carbocycles. The van der Waals surface area contributed by atoms with E-state index in [2.05, 4.69) is 15.8 Å². The molecule has 4 rings (SSSR count). The number of pyridine rings is 2. The van der Waals surface area contributed by atoms with E-state index in [0.29, 0.717) is 17.0 Å². The van der Waals surface area contributed by atoms with Gasteiger partial charge in [0.15, 0.2) is 0 Å². The first-order valence-electron chi connectivity index (χ1n) is 10.5. The van der Waals surface area contributed by atoms with Gasteiger partial charge in [-0.1, -0.05) is 36.4 Å². The molecule has 2 aromatic heterocycles. The van der Waals surface area contributed by atoms with Crippen molar-refractivity contribution >= 4 is 11.3 Å². The van der Waals surface area contributed by atoms with Gasteiger partial charge in [-0.3, -0.25) is 14.5 Å². The molecule has 0 bridgehead atoms. The molecule has 34 heavy (non-hydrogen) atoms. The molecule has 0 saturated heterocycles. The molecule has 0 radical (unpaired) electrons. The number of hydrogen-bond acceptors (Lipinski definition) is 4. The van der Waals surface area contributed by atoms with Crippen molar-refractivity contribution in [3.8, 4) is 6.07 Å². The molecule has 3 unspecified atom stereocenters. The third-order valence-corrected chi connectivity index (χ3v) is 5.92. The van der Waals surface area contributed by atoms with Crippen molar-refractivity contribution in [2.24, 2.45) is 0 Å². The van der Waals surface area contributed by atoms with Gasteiger partial charge in [0, 0.05) is 29.9 Å². The molecule has 0 aliphatic rings. The lowest BCUT2D eigenvalue weighted by Gasteiger charge is -2.29. The Labute approximate surface area is 199 Å². The van der Waals surface area contributed by atoms with Gasteiger partial charge in [0.25, 0.3) is 0 Å². The Morgan fingerprint density at radius 2 is 1.65 bits per heavy atom. The fraction of sp³-hybridized carbons (Fsp3) is 0.115. The fourth-order valence-electron chi connectivity index (χ4n) is 4.01. The minimum absolute atomic E-state index is 0.113. The minimum atomic E-state index is -2.16. The van der Waals surface area contributed by atoms with Gasteiger partial charge in [-0.2, -0.15) is 5.26 Å². The van der Waals surface area contributed by atoms with Gasteiger partial charge >= 0.3 is 0 Å². The van der Waals surface area contributed by atoms with Crippen molar-refractivity contribution in [3.05, 3.63) is 131 Å². The molecule has 3 atom stereocenters. The van der Waals surface area contributed by atoms with Crippen molar-refractivity contribution < 1.29 is 13.2 Å². The van der Waals surface area contributed by atoms with Gasteiger partial charge in [0.05, 0.1) is 23.9 Å². The molecular formula is C26H21FN4O2S. The predicted molar refractivity (Wildman–Crippen MR) is 127 cm³/mol. The summed E-state index contributed by atoms with van der Waals surface area (Å²) in [6.07, 6.45) is 3.49. The number of halogens is 1. The molecule has 0 spiro atoms. The largest absolute Gasteiger partial charge is 0.294 e. The third-order valence-electron chi connectivity index (χ3n) is 5.53. The van der Waals surface area contributed by atoms with Gasteiger partial charge in [0.1, 0.15) is 5.82 Å². The molecule has 170 valence electrons. The first-order chi connectivity index (χ1) is 16.5. The van der Waals surface area contributed by atoms with E-state index in [-0.39, 0.29) is 24.2 Å². The highest BCUT2D eigenvalue weighted by Gasteiger charge is 2.30. The lowest BCUT2D eigenvalue weighted by atomic mass is 9.75. The number of nitrogens with one attached hydrogen (secondary N) is 1. The van der Waals surface area contributed by atoms with E-state index in [0.717, 1.165) is 16.7 Å². The standard InChI is InChI=1S/C26H21FN4O2S/c27-22-12-10-20(11-13-22)26(24-5-1-4-23(31-24)17-30-34(32)33)25(21-3-2-14-29-16-21)19-8-6-18(15-28)7-9-19/h1-14,16,25-26,30H,17H2,(H,32,33). The molecule has 0 aliphatic carbocycles. The zero-order valence-corrected chi connectivity index (χ0v) is 18.8. The molecule has 0 amide bonds. The fourth-order valence-corrected chi connectivity index (χ4v) is 4.28. The predicted octanol–water partition coefficient (Wildman–Crippen LogP) is 4.68. The Hall–Kier alpha value is -3.77. The van der Waals surface area contributed by atoms with Crippen LogP contribution in [-0.2, 0) is 17.8 Å². The third kappa shape index (κ3) is 5.58. The highest BCUT2D eigenvalue weighted by atomic mass is 32.2. The van der Waals surface area contributed by atoms with Crippen LogP contribution in [0.25, 0.3) is 0 Å². The Morgan fingerprint density at radius 1 is 0.941 bits per heavy atom. The van der Waals surface area contributed by atoms with Gasteiger partial charge in [-0.25, -0.2) is 13.3 Å². The normalized spacial score (nSPS) is 13.6. The Balaban J connectivity index is 1.89. The van der Waals surface area contributed by atoms with E-state index in [4.69, 9.17) is 9.54 Å². The number of hydrogen-bond donors (Lipinski definition) is 2. The van der Waals surface area contributed by atoms with Gasteiger partial charge < -0.3 is 0 Å². The molecule has 2 heterocycles. The zero-order valence-electron chi connectivity index (χ0n) is 18.0. The highest BCUT2D eigenvalue weighted by Crippen LogP contribution is 2.42. The maximum Gasteiger partial charge on any atom is 0.232 e. The second-order valence-electron chi connectivity index (χ2n) is 7.65. The van der Waals surface area contributed by atoms with E-state index >= 15 is 0 Å². The summed E-state index contributed by atoms with van der Waals surface area (Å²) in [5.74, 6) is -0.901. The number of aromatic nitrogens is 2. The Morgan fingerprint density at radius 3 is 2.29 bits per heavy atom. The second kappa shape index (κ2) is 10.9. The van der Waals surface area contributed by atoms with E-state index in [9.17, 15) is 13.9 Å². The van der Waals surface area contributed by atoms with Crippen molar-refractivity contribution in [2.45, 2.75) is 18.4 Å². The maximum atomic E-state index is 13.8. The topological polar surface area (TPSA) is 98.9 Å². The molecule has 2 N–H and O–H groups in total. The van der Waals surface area contributed by atoms with Crippen molar-refractivity contribution in [3.63, 3.8) is 0 Å². The average molecular weight is 473 g/mol. The lowest BCUT2D eigenvalue weighted by Crippen LogP contribution is -2.19. The molecule has 8 heteroatoms. The lowest BCUT2D eigenvalue weighted by molar-refractivity contribution is 0.547.